The molecule has 2 aliphatic heterocycles. The lowest BCUT2D eigenvalue weighted by molar-refractivity contribution is 0.0131. The number of ether oxygens (including phenoxy) is 2. The van der Waals surface area contributed by atoms with E-state index in [2.05, 4.69) is 43.4 Å². The second-order valence-corrected chi connectivity index (χ2v) is 17.3. The van der Waals surface area contributed by atoms with Crippen LogP contribution in [0.25, 0.3) is 0 Å². The number of anilines is 1. The van der Waals surface area contributed by atoms with Crippen molar-refractivity contribution in [3.63, 3.8) is 0 Å². The molecule has 1 unspecified atom stereocenters. The standard InChI is InChI=1S/C39H48ClN5O5S/c1-5-33-31(21-44(3)41-33)38(47)43-51(48)22-25(2)8-6-10-35(49-4)30-14-11-28(30)20-45-23-39(17-7-9-26-18-29(40)13-15-32(26)39)24-50-36-16-12-27(19-34(36)45)37(46)42-51/h6,10,12-13,15-16,18-19,21,25,28,30,35H,5,7-9,11,14,17,20,22-24H2,1-4H3,(H,42,43,46,47,48)/b10-6-/t25-,28-,30+,35-,39-,51?/m0/s1. The van der Waals surface area contributed by atoms with Crippen molar-refractivity contribution in [3.8, 4) is 5.75 Å². The van der Waals surface area contributed by atoms with Gasteiger partial charge in [-0.25, -0.2) is 4.21 Å². The molecular weight excluding hydrogens is 686 g/mol. The van der Waals surface area contributed by atoms with Gasteiger partial charge in [0, 0.05) is 49.4 Å². The van der Waals surface area contributed by atoms with Crippen LogP contribution in [0.4, 0.5) is 5.69 Å². The minimum atomic E-state index is -3.54. The Morgan fingerprint density at radius 2 is 2.06 bits per heavy atom. The van der Waals surface area contributed by atoms with Crippen LogP contribution in [-0.4, -0.2) is 64.5 Å². The molecule has 3 heterocycles. The minimum Gasteiger partial charge on any atom is -0.490 e. The molecule has 1 N–H and O–H groups in total. The predicted molar refractivity (Wildman–Crippen MR) is 200 cm³/mol. The molecule has 2 bridgehead atoms. The summed E-state index contributed by atoms with van der Waals surface area (Å²) in [7, 11) is -0.0364. The van der Waals surface area contributed by atoms with Crippen LogP contribution in [0.2, 0.25) is 5.02 Å². The van der Waals surface area contributed by atoms with E-state index in [9.17, 15) is 13.8 Å². The molecule has 2 aliphatic carbocycles. The number of hydrogen-bond donors (Lipinski definition) is 1. The highest BCUT2D eigenvalue weighted by Crippen LogP contribution is 2.47. The number of amides is 2. The number of fused-ring (bicyclic) bond motifs is 4. The van der Waals surface area contributed by atoms with Gasteiger partial charge in [0.2, 0.25) is 0 Å². The maximum atomic E-state index is 14.6. The van der Waals surface area contributed by atoms with Gasteiger partial charge in [-0.2, -0.15) is 5.10 Å². The van der Waals surface area contributed by atoms with Gasteiger partial charge in [0.15, 0.2) is 0 Å². The van der Waals surface area contributed by atoms with Gasteiger partial charge in [0.25, 0.3) is 11.8 Å². The number of halogens is 1. The van der Waals surface area contributed by atoms with E-state index in [0.29, 0.717) is 53.9 Å². The molecule has 51 heavy (non-hydrogen) atoms. The number of nitrogens with one attached hydrogen (secondary N) is 1. The third-order valence-electron chi connectivity index (χ3n) is 11.3. The Bertz CT molecular complexity index is 1990. The summed E-state index contributed by atoms with van der Waals surface area (Å²) < 4.78 is 35.9. The highest BCUT2D eigenvalue weighted by molar-refractivity contribution is 7.92. The first-order valence-electron chi connectivity index (χ1n) is 18.1. The second-order valence-electron chi connectivity index (χ2n) is 14.9. The van der Waals surface area contributed by atoms with Gasteiger partial charge in [-0.3, -0.25) is 19.0 Å². The molecule has 6 atom stereocenters. The molecule has 2 aromatic carbocycles. The zero-order valence-electron chi connectivity index (χ0n) is 29.9. The van der Waals surface area contributed by atoms with E-state index in [0.717, 1.165) is 55.9 Å². The van der Waals surface area contributed by atoms with E-state index < -0.39 is 21.7 Å². The van der Waals surface area contributed by atoms with Crippen molar-refractivity contribution >= 4 is 39.0 Å². The van der Waals surface area contributed by atoms with Crippen LogP contribution in [-0.2, 0) is 40.0 Å². The highest BCUT2D eigenvalue weighted by Gasteiger charge is 2.44. The van der Waals surface area contributed by atoms with E-state index in [1.807, 2.05) is 32.0 Å². The molecule has 4 aliphatic rings. The summed E-state index contributed by atoms with van der Waals surface area (Å²) in [6.07, 6.45) is 12.0. The molecular formula is C39H48ClN5O5S. The lowest BCUT2D eigenvalue weighted by Crippen LogP contribution is -2.49. The predicted octanol–water partition coefficient (Wildman–Crippen LogP) is 6.70. The summed E-state index contributed by atoms with van der Waals surface area (Å²) >= 11 is 6.46. The third-order valence-corrected chi connectivity index (χ3v) is 13.5. The van der Waals surface area contributed by atoms with Crippen LogP contribution >= 0.6 is 11.6 Å². The van der Waals surface area contributed by atoms with E-state index in [-0.39, 0.29) is 23.2 Å². The molecule has 1 saturated carbocycles. The van der Waals surface area contributed by atoms with Gasteiger partial charge >= 0.3 is 0 Å². The Morgan fingerprint density at radius 1 is 1.22 bits per heavy atom. The summed E-state index contributed by atoms with van der Waals surface area (Å²) in [5, 5.41) is 5.11. The van der Waals surface area contributed by atoms with Gasteiger partial charge in [-0.15, -0.1) is 4.36 Å². The lowest BCUT2D eigenvalue weighted by atomic mass is 9.68. The normalized spacial score (nSPS) is 29.8. The van der Waals surface area contributed by atoms with Crippen molar-refractivity contribution in [3.05, 3.63) is 87.7 Å². The number of rotatable bonds is 4. The number of hydrogen-bond acceptors (Lipinski definition) is 7. The first-order valence-corrected chi connectivity index (χ1v) is 20.2. The molecule has 1 fully saturated rings. The van der Waals surface area contributed by atoms with Crippen LogP contribution < -0.4 is 14.4 Å². The number of benzene rings is 2. The van der Waals surface area contributed by atoms with Crippen LogP contribution in [0.15, 0.2) is 59.1 Å². The van der Waals surface area contributed by atoms with Crippen LogP contribution in [0, 0.1) is 17.8 Å². The molecule has 0 saturated heterocycles. The number of nitrogens with zero attached hydrogens (tertiary/aromatic N) is 4. The Morgan fingerprint density at radius 3 is 2.82 bits per heavy atom. The molecule has 0 radical (unpaired) electrons. The Kier molecular flexibility index (Phi) is 10.1. The molecule has 1 spiro atoms. The molecule has 272 valence electrons. The fourth-order valence-electron chi connectivity index (χ4n) is 8.55. The first kappa shape index (κ1) is 35.7. The van der Waals surface area contributed by atoms with Gasteiger partial charge in [0.05, 0.1) is 35.4 Å². The molecule has 12 heteroatoms. The fourth-order valence-corrected chi connectivity index (χ4v) is 10.6. The van der Waals surface area contributed by atoms with Crippen molar-refractivity contribution < 1.29 is 23.3 Å². The quantitative estimate of drug-likeness (QED) is 0.297. The van der Waals surface area contributed by atoms with Gasteiger partial charge in [-0.1, -0.05) is 43.7 Å². The lowest BCUT2D eigenvalue weighted by Gasteiger charge is -2.46. The molecule has 10 nitrogen and oxygen atoms in total. The maximum Gasteiger partial charge on any atom is 0.286 e. The zero-order valence-corrected chi connectivity index (χ0v) is 31.5. The Hall–Kier alpha value is -3.67. The Balaban J connectivity index is 1.31. The van der Waals surface area contributed by atoms with Crippen LogP contribution in [0.5, 0.6) is 5.75 Å². The number of carbonyl (C=O) groups is 2. The van der Waals surface area contributed by atoms with Crippen molar-refractivity contribution in [2.45, 2.75) is 70.3 Å². The van der Waals surface area contributed by atoms with Crippen LogP contribution in [0.3, 0.4) is 0 Å². The number of carbonyl (C=O) groups excluding carboxylic acids is 2. The molecule has 2 amide bonds. The van der Waals surface area contributed by atoms with Gasteiger partial charge in [-0.05, 0) is 104 Å². The summed E-state index contributed by atoms with van der Waals surface area (Å²) in [6.45, 7) is 5.87. The minimum absolute atomic E-state index is 0.00631. The number of aromatic nitrogens is 2. The van der Waals surface area contributed by atoms with Crippen molar-refractivity contribution in [1.29, 1.82) is 0 Å². The summed E-state index contributed by atoms with van der Waals surface area (Å²) in [4.78, 5) is 30.0. The topological polar surface area (TPSA) is 115 Å². The van der Waals surface area contributed by atoms with E-state index in [1.54, 1.807) is 31.1 Å². The highest BCUT2D eigenvalue weighted by atomic mass is 35.5. The van der Waals surface area contributed by atoms with E-state index >= 15 is 0 Å². The smallest absolute Gasteiger partial charge is 0.286 e. The molecule has 1 aromatic heterocycles. The van der Waals surface area contributed by atoms with Crippen molar-refractivity contribution in [2.24, 2.45) is 29.2 Å². The van der Waals surface area contributed by atoms with Gasteiger partial charge < -0.3 is 14.4 Å². The average molecular weight is 734 g/mol. The SMILES string of the molecule is CCc1nn(C)cc1C(=O)NS1(=O)=NC(=O)c2ccc3c(c2)N(C[C@@H]2CC[C@H]2[C@@H](OC)/C=C\C[C@H](C)C1)C[C@@]1(CCCc2cc(Cl)ccc21)CO3. The zero-order chi connectivity index (χ0) is 35.9. The average Bonchev–Trinajstić information content (AvgIpc) is 3.40. The summed E-state index contributed by atoms with van der Waals surface area (Å²) in [6, 6.07) is 11.6. The van der Waals surface area contributed by atoms with Crippen LogP contribution in [0.1, 0.15) is 83.5 Å². The summed E-state index contributed by atoms with van der Waals surface area (Å²) in [5.74, 6) is 0.0917. The number of allylic oxidation sites excluding steroid dienone is 1. The largest absolute Gasteiger partial charge is 0.490 e. The first-order chi connectivity index (χ1) is 24.5. The third kappa shape index (κ3) is 7.22. The second kappa shape index (κ2) is 14.4. The molecule has 7 rings (SSSR count). The fraction of sp³-hybridized carbons (Fsp3) is 0.513. The molecule has 3 aromatic rings. The summed E-state index contributed by atoms with van der Waals surface area (Å²) in [5.41, 5.74) is 4.31. The van der Waals surface area contributed by atoms with E-state index in [4.69, 9.17) is 21.1 Å². The number of methoxy groups -OCH3 is 1. The maximum absolute atomic E-state index is 14.6. The Labute approximate surface area is 306 Å². The van der Waals surface area contributed by atoms with E-state index in [1.165, 1.54) is 11.1 Å². The van der Waals surface area contributed by atoms with Crippen molar-refractivity contribution in [2.75, 3.05) is 37.5 Å². The monoisotopic (exact) mass is 733 g/mol. The van der Waals surface area contributed by atoms with Gasteiger partial charge in [0.1, 0.15) is 15.7 Å². The number of aryl methyl sites for hydroxylation is 3. The van der Waals surface area contributed by atoms with Crippen molar-refractivity contribution in [1.82, 2.24) is 14.5 Å².